The molecule has 128 valence electrons. The zero-order chi connectivity index (χ0) is 17.2. The van der Waals surface area contributed by atoms with Gasteiger partial charge in [-0.2, -0.15) is 0 Å². The minimum atomic E-state index is -3.67. The van der Waals surface area contributed by atoms with Crippen molar-refractivity contribution in [2.75, 3.05) is 22.7 Å². The molecule has 1 fully saturated rings. The second kappa shape index (κ2) is 6.88. The average molecular weight is 366 g/mol. The second-order valence-electron chi connectivity index (χ2n) is 5.33. The summed E-state index contributed by atoms with van der Waals surface area (Å²) in [6, 6.07) is 6.15. The number of anilines is 2. The summed E-state index contributed by atoms with van der Waals surface area (Å²) < 4.78 is 27.0. The molecule has 2 aromatic rings. The maximum absolute atomic E-state index is 12.3. The van der Waals surface area contributed by atoms with Crippen LogP contribution in [-0.4, -0.2) is 38.4 Å². The molecule has 1 aliphatic rings. The molecule has 0 aliphatic carbocycles. The van der Waals surface area contributed by atoms with E-state index < -0.39 is 10.0 Å². The van der Waals surface area contributed by atoms with Gasteiger partial charge in [-0.05, 0) is 37.2 Å². The predicted molar refractivity (Wildman–Crippen MR) is 93.8 cm³/mol. The number of benzene rings is 1. The van der Waals surface area contributed by atoms with Gasteiger partial charge in [-0.15, -0.1) is 11.3 Å². The van der Waals surface area contributed by atoms with Gasteiger partial charge in [0.15, 0.2) is 5.13 Å². The Morgan fingerprint density at radius 2 is 2.08 bits per heavy atom. The van der Waals surface area contributed by atoms with Gasteiger partial charge in [0.2, 0.25) is 5.91 Å². The van der Waals surface area contributed by atoms with Crippen LogP contribution in [0.2, 0.25) is 0 Å². The van der Waals surface area contributed by atoms with E-state index in [2.05, 4.69) is 15.0 Å². The molecule has 2 heterocycles. The molecule has 1 unspecified atom stereocenters. The molecular formula is C15H18N4O3S2. The van der Waals surface area contributed by atoms with Crippen molar-refractivity contribution in [1.29, 1.82) is 0 Å². The van der Waals surface area contributed by atoms with Gasteiger partial charge in [0.25, 0.3) is 10.0 Å². The van der Waals surface area contributed by atoms with Gasteiger partial charge in [-0.1, -0.05) is 6.92 Å². The number of carbonyl (C=O) groups is 1. The summed E-state index contributed by atoms with van der Waals surface area (Å²) in [5.74, 6) is 0.0216. The Labute approximate surface area is 144 Å². The summed E-state index contributed by atoms with van der Waals surface area (Å²) in [6.07, 6.45) is 2.28. The van der Waals surface area contributed by atoms with E-state index in [1.54, 1.807) is 22.4 Å². The summed E-state index contributed by atoms with van der Waals surface area (Å²) >= 11 is 1.21. The molecule has 3 rings (SSSR count). The molecule has 1 aliphatic heterocycles. The quantitative estimate of drug-likeness (QED) is 0.811. The van der Waals surface area contributed by atoms with Crippen LogP contribution in [0.25, 0.3) is 0 Å². The zero-order valence-corrected chi connectivity index (χ0v) is 14.7. The number of sulfonamides is 1. The van der Waals surface area contributed by atoms with E-state index in [9.17, 15) is 13.2 Å². The van der Waals surface area contributed by atoms with Crippen LogP contribution in [0.4, 0.5) is 10.8 Å². The van der Waals surface area contributed by atoms with Crippen molar-refractivity contribution >= 4 is 38.1 Å². The summed E-state index contributed by atoms with van der Waals surface area (Å²) in [5.41, 5.74) is 0.702. The molecule has 0 radical (unpaired) electrons. The van der Waals surface area contributed by atoms with Gasteiger partial charge < -0.3 is 10.2 Å². The molecule has 1 atom stereocenters. The van der Waals surface area contributed by atoms with Crippen LogP contribution in [0.15, 0.2) is 40.7 Å². The van der Waals surface area contributed by atoms with Crippen molar-refractivity contribution in [2.24, 2.45) is 0 Å². The third kappa shape index (κ3) is 3.42. The number of hydrogen-bond acceptors (Lipinski definition) is 6. The number of amides is 1. The molecule has 0 spiro atoms. The Morgan fingerprint density at radius 1 is 1.33 bits per heavy atom. The van der Waals surface area contributed by atoms with Crippen LogP contribution < -0.4 is 14.9 Å². The maximum Gasteiger partial charge on any atom is 0.263 e. The van der Waals surface area contributed by atoms with Crippen LogP contribution >= 0.6 is 11.3 Å². The number of rotatable bonds is 6. The van der Waals surface area contributed by atoms with Gasteiger partial charge in [0, 0.05) is 23.8 Å². The summed E-state index contributed by atoms with van der Waals surface area (Å²) in [7, 11) is -3.67. The minimum absolute atomic E-state index is 0.0216. The first-order chi connectivity index (χ1) is 11.5. The van der Waals surface area contributed by atoms with E-state index in [1.165, 1.54) is 29.7 Å². The number of carbonyl (C=O) groups excluding carboxylic acids is 1. The Balaban J connectivity index is 1.75. The van der Waals surface area contributed by atoms with Crippen LogP contribution in [-0.2, 0) is 14.8 Å². The van der Waals surface area contributed by atoms with E-state index >= 15 is 0 Å². The van der Waals surface area contributed by atoms with E-state index in [4.69, 9.17) is 0 Å². The number of hydrogen-bond donors (Lipinski definition) is 2. The standard InChI is InChI=1S/C15H18N4O3S2/c1-2-16-13-7-9-19(14(13)20)11-3-5-12(6-4-11)24(21,22)18-15-17-8-10-23-15/h3-6,8,10,13,16H,2,7,9H2,1H3,(H,17,18). The fourth-order valence-electron chi connectivity index (χ4n) is 2.63. The number of likely N-dealkylation sites (N-methyl/N-ethyl adjacent to an activating group) is 1. The smallest absolute Gasteiger partial charge is 0.263 e. The number of nitrogens with one attached hydrogen (secondary N) is 2. The van der Waals surface area contributed by atoms with Crippen LogP contribution in [0.1, 0.15) is 13.3 Å². The zero-order valence-electron chi connectivity index (χ0n) is 13.1. The van der Waals surface area contributed by atoms with E-state index in [-0.39, 0.29) is 16.8 Å². The number of thiazole rings is 1. The first kappa shape index (κ1) is 16.9. The van der Waals surface area contributed by atoms with Crippen molar-refractivity contribution in [3.8, 4) is 0 Å². The predicted octanol–water partition coefficient (Wildman–Crippen LogP) is 1.66. The minimum Gasteiger partial charge on any atom is -0.311 e. The van der Waals surface area contributed by atoms with E-state index in [0.29, 0.717) is 17.4 Å². The molecule has 24 heavy (non-hydrogen) atoms. The van der Waals surface area contributed by atoms with Crippen molar-refractivity contribution < 1.29 is 13.2 Å². The Hall–Kier alpha value is -1.97. The van der Waals surface area contributed by atoms with Crippen molar-refractivity contribution in [2.45, 2.75) is 24.3 Å². The van der Waals surface area contributed by atoms with E-state index in [1.807, 2.05) is 6.92 Å². The molecule has 2 N–H and O–H groups in total. The van der Waals surface area contributed by atoms with Gasteiger partial charge in [-0.25, -0.2) is 13.4 Å². The lowest BCUT2D eigenvalue weighted by atomic mass is 10.2. The lowest BCUT2D eigenvalue weighted by molar-refractivity contribution is -0.118. The molecule has 7 nitrogen and oxygen atoms in total. The topological polar surface area (TPSA) is 91.4 Å². The van der Waals surface area contributed by atoms with Gasteiger partial charge in [0.1, 0.15) is 0 Å². The molecular weight excluding hydrogens is 348 g/mol. The molecule has 0 bridgehead atoms. The first-order valence-electron chi connectivity index (χ1n) is 7.58. The molecule has 1 aromatic carbocycles. The normalized spacial score (nSPS) is 18.1. The summed E-state index contributed by atoms with van der Waals surface area (Å²) in [4.78, 5) is 18.0. The Bertz CT molecular complexity index is 804. The molecule has 9 heteroatoms. The highest BCUT2D eigenvalue weighted by Crippen LogP contribution is 2.24. The maximum atomic E-state index is 12.3. The largest absolute Gasteiger partial charge is 0.311 e. The second-order valence-corrected chi connectivity index (χ2v) is 7.90. The SMILES string of the molecule is CCNC1CCN(c2ccc(S(=O)(=O)Nc3nccs3)cc2)C1=O. The van der Waals surface area contributed by atoms with Crippen LogP contribution in [0.3, 0.4) is 0 Å². The Morgan fingerprint density at radius 3 is 2.71 bits per heavy atom. The molecule has 0 saturated carbocycles. The number of aromatic nitrogens is 1. The monoisotopic (exact) mass is 366 g/mol. The van der Waals surface area contributed by atoms with Crippen molar-refractivity contribution in [3.05, 3.63) is 35.8 Å². The highest BCUT2D eigenvalue weighted by molar-refractivity contribution is 7.93. The Kier molecular flexibility index (Phi) is 4.83. The third-order valence-corrected chi connectivity index (χ3v) is 5.94. The van der Waals surface area contributed by atoms with Crippen molar-refractivity contribution in [3.63, 3.8) is 0 Å². The van der Waals surface area contributed by atoms with E-state index in [0.717, 1.165) is 13.0 Å². The van der Waals surface area contributed by atoms with Crippen LogP contribution in [0, 0.1) is 0 Å². The lowest BCUT2D eigenvalue weighted by Crippen LogP contribution is -2.38. The first-order valence-corrected chi connectivity index (χ1v) is 9.94. The highest BCUT2D eigenvalue weighted by Gasteiger charge is 2.31. The summed E-state index contributed by atoms with van der Waals surface area (Å²) in [5, 5.41) is 5.17. The van der Waals surface area contributed by atoms with Gasteiger partial charge >= 0.3 is 0 Å². The fourth-order valence-corrected chi connectivity index (χ4v) is 4.41. The van der Waals surface area contributed by atoms with Gasteiger partial charge in [-0.3, -0.25) is 9.52 Å². The fraction of sp³-hybridized carbons (Fsp3) is 0.333. The molecule has 1 saturated heterocycles. The van der Waals surface area contributed by atoms with Gasteiger partial charge in [0.05, 0.1) is 10.9 Å². The lowest BCUT2D eigenvalue weighted by Gasteiger charge is -2.17. The molecule has 1 amide bonds. The summed E-state index contributed by atoms with van der Waals surface area (Å²) in [6.45, 7) is 3.33. The van der Waals surface area contributed by atoms with Crippen LogP contribution in [0.5, 0.6) is 0 Å². The molecule has 1 aromatic heterocycles. The average Bonchev–Trinajstić information content (AvgIpc) is 3.18. The third-order valence-electron chi connectivity index (χ3n) is 3.77. The number of nitrogens with zero attached hydrogens (tertiary/aromatic N) is 2. The van der Waals surface area contributed by atoms with Crippen molar-refractivity contribution in [1.82, 2.24) is 10.3 Å². The highest BCUT2D eigenvalue weighted by atomic mass is 32.2.